The predicted octanol–water partition coefficient (Wildman–Crippen LogP) is 4.91. The third-order valence-electron chi connectivity index (χ3n) is 3.38. The lowest BCUT2D eigenvalue weighted by molar-refractivity contribution is -0.0454. The van der Waals surface area contributed by atoms with Gasteiger partial charge in [-0.1, -0.05) is 51.1 Å². The number of benzene rings is 1. The molecular formula is C17H30NO4P. The SMILES string of the molecule is CCOP(=O)(OCC)C(NOC(C)c1ccccc1)C(C)(C)C. The van der Waals surface area contributed by atoms with Crippen LogP contribution in [-0.4, -0.2) is 19.0 Å². The van der Waals surface area contributed by atoms with Crippen molar-refractivity contribution in [3.05, 3.63) is 35.9 Å². The molecule has 0 radical (unpaired) electrons. The molecule has 1 N–H and O–H groups in total. The molecule has 0 aliphatic rings. The van der Waals surface area contributed by atoms with E-state index >= 15 is 0 Å². The van der Waals surface area contributed by atoms with Gasteiger partial charge in [-0.2, -0.15) is 5.48 Å². The van der Waals surface area contributed by atoms with Crippen LogP contribution in [0.25, 0.3) is 0 Å². The Labute approximate surface area is 140 Å². The molecule has 23 heavy (non-hydrogen) atoms. The topological polar surface area (TPSA) is 56.8 Å². The summed E-state index contributed by atoms with van der Waals surface area (Å²) >= 11 is 0. The highest BCUT2D eigenvalue weighted by molar-refractivity contribution is 7.54. The Balaban J connectivity index is 2.89. The minimum atomic E-state index is -3.33. The van der Waals surface area contributed by atoms with Crippen LogP contribution in [0.2, 0.25) is 0 Å². The summed E-state index contributed by atoms with van der Waals surface area (Å²) in [5.41, 5.74) is 3.63. The highest BCUT2D eigenvalue weighted by Gasteiger charge is 2.44. The molecule has 0 aromatic heterocycles. The van der Waals surface area contributed by atoms with Crippen LogP contribution in [-0.2, 0) is 18.5 Å². The van der Waals surface area contributed by atoms with Gasteiger partial charge in [-0.05, 0) is 31.7 Å². The van der Waals surface area contributed by atoms with Gasteiger partial charge in [0.2, 0.25) is 0 Å². The molecule has 0 saturated heterocycles. The molecular weight excluding hydrogens is 313 g/mol. The van der Waals surface area contributed by atoms with Gasteiger partial charge in [0.1, 0.15) is 11.9 Å². The number of hydrogen-bond donors (Lipinski definition) is 1. The first-order valence-corrected chi connectivity index (χ1v) is 9.70. The Kier molecular flexibility index (Phi) is 7.91. The highest BCUT2D eigenvalue weighted by Crippen LogP contribution is 2.57. The first-order chi connectivity index (χ1) is 10.7. The van der Waals surface area contributed by atoms with E-state index in [0.717, 1.165) is 5.56 Å². The van der Waals surface area contributed by atoms with Crippen molar-refractivity contribution in [3.63, 3.8) is 0 Å². The van der Waals surface area contributed by atoms with E-state index in [1.807, 2.05) is 58.0 Å². The Hall–Kier alpha value is -0.710. The standard InChI is InChI=1S/C17H30NO4P/c1-7-20-23(19,21-8-2)16(17(4,5)6)18-22-14(3)15-12-10-9-11-13-15/h9-14,16,18H,7-8H2,1-6H3. The van der Waals surface area contributed by atoms with Gasteiger partial charge in [0.25, 0.3) is 0 Å². The van der Waals surface area contributed by atoms with Crippen LogP contribution in [0.1, 0.15) is 53.2 Å². The average Bonchev–Trinajstić information content (AvgIpc) is 2.47. The number of hydrogen-bond acceptors (Lipinski definition) is 5. The molecule has 0 aliphatic heterocycles. The van der Waals surface area contributed by atoms with E-state index in [9.17, 15) is 4.57 Å². The van der Waals surface area contributed by atoms with Gasteiger partial charge in [-0.15, -0.1) is 0 Å². The van der Waals surface area contributed by atoms with Gasteiger partial charge >= 0.3 is 7.60 Å². The molecule has 1 aromatic carbocycles. The van der Waals surface area contributed by atoms with Crippen molar-refractivity contribution in [3.8, 4) is 0 Å². The molecule has 132 valence electrons. The van der Waals surface area contributed by atoms with Crippen LogP contribution in [0, 0.1) is 5.41 Å². The van der Waals surface area contributed by atoms with Crippen molar-refractivity contribution in [2.75, 3.05) is 13.2 Å². The van der Waals surface area contributed by atoms with Crippen molar-refractivity contribution >= 4 is 7.60 Å². The van der Waals surface area contributed by atoms with Gasteiger partial charge < -0.3 is 9.05 Å². The molecule has 0 fully saturated rings. The molecule has 0 aliphatic carbocycles. The van der Waals surface area contributed by atoms with Gasteiger partial charge in [0, 0.05) is 0 Å². The van der Waals surface area contributed by atoms with Gasteiger partial charge in [-0.3, -0.25) is 9.40 Å². The maximum Gasteiger partial charge on any atom is 0.350 e. The van der Waals surface area contributed by atoms with E-state index in [-0.39, 0.29) is 11.5 Å². The minimum absolute atomic E-state index is 0.183. The Morgan fingerprint density at radius 3 is 2.04 bits per heavy atom. The lowest BCUT2D eigenvalue weighted by atomic mass is 9.97. The highest BCUT2D eigenvalue weighted by atomic mass is 31.2. The molecule has 0 heterocycles. The zero-order valence-electron chi connectivity index (χ0n) is 15.0. The zero-order valence-corrected chi connectivity index (χ0v) is 15.9. The maximum atomic E-state index is 13.1. The number of nitrogens with one attached hydrogen (secondary N) is 1. The van der Waals surface area contributed by atoms with Crippen LogP contribution in [0.3, 0.4) is 0 Å². The van der Waals surface area contributed by atoms with Crippen LogP contribution in [0.15, 0.2) is 30.3 Å². The van der Waals surface area contributed by atoms with E-state index in [0.29, 0.717) is 13.2 Å². The van der Waals surface area contributed by atoms with Crippen LogP contribution in [0.4, 0.5) is 0 Å². The Morgan fingerprint density at radius 1 is 1.09 bits per heavy atom. The third kappa shape index (κ3) is 6.02. The quantitative estimate of drug-likeness (QED) is 0.510. The monoisotopic (exact) mass is 343 g/mol. The molecule has 2 unspecified atom stereocenters. The van der Waals surface area contributed by atoms with E-state index in [1.165, 1.54) is 0 Å². The second-order valence-corrected chi connectivity index (χ2v) is 8.55. The van der Waals surface area contributed by atoms with Crippen LogP contribution < -0.4 is 5.48 Å². The summed E-state index contributed by atoms with van der Waals surface area (Å²) in [5, 5.41) is 0. The molecule has 2 atom stereocenters. The summed E-state index contributed by atoms with van der Waals surface area (Å²) < 4.78 is 24.1. The number of hydroxylamine groups is 1. The smallest absolute Gasteiger partial charge is 0.308 e. The lowest BCUT2D eigenvalue weighted by Gasteiger charge is -2.36. The van der Waals surface area contributed by atoms with E-state index in [1.54, 1.807) is 13.8 Å². The maximum absolute atomic E-state index is 13.1. The first kappa shape index (κ1) is 20.3. The summed E-state index contributed by atoms with van der Waals surface area (Å²) in [7, 11) is -3.33. The molecule has 0 bridgehead atoms. The van der Waals surface area contributed by atoms with Crippen molar-refractivity contribution in [2.24, 2.45) is 5.41 Å². The Morgan fingerprint density at radius 2 is 1.61 bits per heavy atom. The molecule has 0 spiro atoms. The Bertz CT molecular complexity index is 491. The first-order valence-electron chi connectivity index (χ1n) is 8.09. The summed E-state index contributed by atoms with van der Waals surface area (Å²) in [6.45, 7) is 12.1. The lowest BCUT2D eigenvalue weighted by Crippen LogP contribution is -2.41. The van der Waals surface area contributed by atoms with Gasteiger partial charge in [0.15, 0.2) is 0 Å². The van der Waals surface area contributed by atoms with Crippen LogP contribution >= 0.6 is 7.60 Å². The summed E-state index contributed by atoms with van der Waals surface area (Å²) in [4.78, 5) is 5.77. The summed E-state index contributed by atoms with van der Waals surface area (Å²) in [6, 6.07) is 9.86. The molecule has 6 heteroatoms. The van der Waals surface area contributed by atoms with Crippen molar-refractivity contribution in [2.45, 2.75) is 53.4 Å². The normalized spacial score (nSPS) is 15.4. The van der Waals surface area contributed by atoms with Crippen molar-refractivity contribution in [1.82, 2.24) is 5.48 Å². The predicted molar refractivity (Wildman–Crippen MR) is 93.2 cm³/mol. The zero-order chi connectivity index (χ0) is 17.5. The molecule has 1 rings (SSSR count). The van der Waals surface area contributed by atoms with Crippen molar-refractivity contribution < 1.29 is 18.5 Å². The van der Waals surface area contributed by atoms with E-state index in [2.05, 4.69) is 5.48 Å². The second-order valence-electron chi connectivity index (χ2n) is 6.43. The largest absolute Gasteiger partial charge is 0.350 e. The molecule has 0 amide bonds. The van der Waals surface area contributed by atoms with Crippen LogP contribution in [0.5, 0.6) is 0 Å². The fourth-order valence-corrected chi connectivity index (χ4v) is 4.45. The fraction of sp³-hybridized carbons (Fsp3) is 0.647. The third-order valence-corrected chi connectivity index (χ3v) is 6.13. The van der Waals surface area contributed by atoms with E-state index < -0.39 is 13.4 Å². The fourth-order valence-electron chi connectivity index (χ4n) is 2.22. The minimum Gasteiger partial charge on any atom is -0.308 e. The summed E-state index contributed by atoms with van der Waals surface area (Å²) in [5.74, 6) is -0.568. The van der Waals surface area contributed by atoms with Crippen molar-refractivity contribution in [1.29, 1.82) is 0 Å². The van der Waals surface area contributed by atoms with E-state index in [4.69, 9.17) is 13.9 Å². The second kappa shape index (κ2) is 8.95. The molecule has 0 saturated carbocycles. The van der Waals surface area contributed by atoms with Gasteiger partial charge in [-0.25, -0.2) is 0 Å². The number of rotatable bonds is 9. The van der Waals surface area contributed by atoms with Gasteiger partial charge in [0.05, 0.1) is 13.2 Å². The summed E-state index contributed by atoms with van der Waals surface area (Å²) in [6.07, 6.45) is -0.183. The average molecular weight is 343 g/mol. The molecule has 1 aromatic rings. The molecule has 5 nitrogen and oxygen atoms in total.